The van der Waals surface area contributed by atoms with Gasteiger partial charge < -0.3 is 28.0 Å². The molecule has 0 aromatic carbocycles. The van der Waals surface area contributed by atoms with Gasteiger partial charge >= 0.3 is 16.8 Å². The summed E-state index contributed by atoms with van der Waals surface area (Å²) in [6.07, 6.45) is 19.1. The van der Waals surface area contributed by atoms with E-state index < -0.39 is 15.2 Å². The molecule has 0 aromatic rings. The summed E-state index contributed by atoms with van der Waals surface area (Å²) >= 11 is 0. The van der Waals surface area contributed by atoms with Gasteiger partial charge in [0.05, 0.1) is 13.2 Å². The van der Waals surface area contributed by atoms with Crippen LogP contribution in [-0.2, 0) is 35.0 Å². The fraction of sp³-hybridized carbons (Fsp3) is 1.00. The quantitative estimate of drug-likeness (QED) is 0.0671. The van der Waals surface area contributed by atoms with Crippen molar-refractivity contribution in [1.82, 2.24) is 0 Å². The van der Waals surface area contributed by atoms with Gasteiger partial charge in [-0.05, 0) is 37.5 Å². The maximum atomic E-state index is 12.1. The molecule has 1 radical (unpaired) electrons. The Bertz CT molecular complexity index is 598. The summed E-state index contributed by atoms with van der Waals surface area (Å²) in [4.78, 5) is 24.2. The van der Waals surface area contributed by atoms with Crippen molar-refractivity contribution in [2.24, 2.45) is 11.8 Å². The molecule has 0 aliphatic heterocycles. The van der Waals surface area contributed by atoms with Crippen LogP contribution in [0.1, 0.15) is 171 Å². The van der Waals surface area contributed by atoms with Crippen LogP contribution in [0.5, 0.6) is 0 Å². The maximum absolute atomic E-state index is 12.1. The zero-order valence-corrected chi connectivity index (χ0v) is 31.0. The minimum absolute atomic E-state index is 0. The van der Waals surface area contributed by atoms with Gasteiger partial charge in [0.25, 0.3) is 0 Å². The molecule has 0 aliphatic carbocycles. The molecule has 0 spiro atoms. The van der Waals surface area contributed by atoms with Crippen LogP contribution in [-0.4, -0.2) is 24.5 Å². The zero-order chi connectivity index (χ0) is 30.9. The van der Waals surface area contributed by atoms with Crippen molar-refractivity contribution >= 4 is 15.2 Å². The Labute approximate surface area is 266 Å². The second-order valence-electron chi connectivity index (χ2n) is 11.9. The Kier molecular flexibility index (Phi) is 33.3. The summed E-state index contributed by atoms with van der Waals surface area (Å²) in [5.74, 6) is 0.758. The van der Waals surface area contributed by atoms with Crippen LogP contribution >= 0.6 is 15.2 Å². The smallest absolute Gasteiger partial charge is 0.778 e. The monoisotopic (exact) mass is 669 g/mol. The largest absolute Gasteiger partial charge is 2.00 e. The van der Waals surface area contributed by atoms with E-state index in [9.17, 15) is 18.9 Å². The van der Waals surface area contributed by atoms with Gasteiger partial charge in [-0.15, -0.1) is 0 Å². The van der Waals surface area contributed by atoms with Gasteiger partial charge in [-0.3, -0.25) is 0 Å². The number of hydrogen-bond acceptors (Lipinski definition) is 6. The van der Waals surface area contributed by atoms with Crippen molar-refractivity contribution in [3.63, 3.8) is 0 Å². The van der Waals surface area contributed by atoms with E-state index in [0.29, 0.717) is 25.0 Å². The van der Waals surface area contributed by atoms with E-state index in [1.54, 1.807) is 13.8 Å². The average molecular weight is 670 g/mol. The Morgan fingerprint density at radius 1 is 0.512 bits per heavy atom. The number of unbranched alkanes of at least 4 members (excludes halogenated alkanes) is 8. The fourth-order valence-corrected chi connectivity index (χ4v) is 6.86. The van der Waals surface area contributed by atoms with Crippen LogP contribution < -0.4 is 9.79 Å². The first-order chi connectivity index (χ1) is 18.9. The number of hydrogen-bond donors (Lipinski definition) is 0. The van der Waals surface area contributed by atoms with Crippen LogP contribution in [0.25, 0.3) is 0 Å². The van der Waals surface area contributed by atoms with Crippen molar-refractivity contribution in [2.75, 3.05) is 13.2 Å². The fourth-order valence-electron chi connectivity index (χ4n) is 4.52. The molecule has 0 heterocycles. The molecule has 251 valence electrons. The molecule has 6 unspecified atom stereocenters. The van der Waals surface area contributed by atoms with Crippen molar-refractivity contribution in [2.45, 2.75) is 182 Å². The average Bonchev–Trinajstić information content (AvgIpc) is 2.93. The first kappa shape index (κ1) is 46.2. The predicted molar refractivity (Wildman–Crippen MR) is 170 cm³/mol. The number of rotatable bonds is 26. The van der Waals surface area contributed by atoms with Crippen molar-refractivity contribution in [1.29, 1.82) is 0 Å². The van der Waals surface area contributed by atoms with Gasteiger partial charge in [0.2, 0.25) is 0 Å². The van der Waals surface area contributed by atoms with Crippen molar-refractivity contribution < 1.29 is 44.7 Å². The zero-order valence-electron chi connectivity index (χ0n) is 28.1. The Morgan fingerprint density at radius 3 is 1.10 bits per heavy atom. The molecule has 6 nitrogen and oxygen atoms in total. The van der Waals surface area contributed by atoms with E-state index in [4.69, 9.17) is 9.05 Å². The van der Waals surface area contributed by atoms with E-state index in [2.05, 4.69) is 41.5 Å². The second kappa shape index (κ2) is 29.5. The molecule has 41 heavy (non-hydrogen) atoms. The van der Waals surface area contributed by atoms with Gasteiger partial charge in [-0.1, -0.05) is 145 Å². The minimum Gasteiger partial charge on any atom is -0.778 e. The maximum Gasteiger partial charge on any atom is 2.00 e. The third-order valence-electron chi connectivity index (χ3n) is 8.10. The molecule has 0 rings (SSSR count). The Balaban J connectivity index is -0.000000688. The molecule has 0 aromatic heterocycles. The van der Waals surface area contributed by atoms with E-state index in [1.165, 1.54) is 25.7 Å². The molecule has 9 heteroatoms. The van der Waals surface area contributed by atoms with Crippen molar-refractivity contribution in [3.05, 3.63) is 0 Å². The molecule has 0 amide bonds. The van der Waals surface area contributed by atoms with Crippen LogP contribution in [0.3, 0.4) is 0 Å². The van der Waals surface area contributed by atoms with E-state index in [0.717, 1.165) is 89.9 Å². The summed E-state index contributed by atoms with van der Waals surface area (Å²) in [5.41, 5.74) is -0.689. The molecule has 0 fully saturated rings. The molecular weight excluding hydrogens is 601 g/mol. The summed E-state index contributed by atoms with van der Waals surface area (Å²) in [5, 5.41) is 0. The third kappa shape index (κ3) is 25.8. The predicted octanol–water partition coefficient (Wildman–Crippen LogP) is 10.3. The standard InChI is InChI=1S/2C16H35O3P.Co/c2*1-5-8-10-11-12-15(4)20(17,18)19-14-16(7-3)13-9-6-2;/h2*15-16H,5-14H2,1-4H3,(H,17,18);/q;;+2/p-2. The van der Waals surface area contributed by atoms with E-state index in [-0.39, 0.29) is 28.1 Å². The first-order valence-electron chi connectivity index (χ1n) is 16.9. The molecule has 0 bridgehead atoms. The summed E-state index contributed by atoms with van der Waals surface area (Å²) < 4.78 is 34.8. The molecule has 6 atom stereocenters. The second-order valence-corrected chi connectivity index (χ2v) is 16.3. The van der Waals surface area contributed by atoms with Crippen molar-refractivity contribution in [3.8, 4) is 0 Å². The first-order valence-corrected chi connectivity index (χ1v) is 20.1. The minimum atomic E-state index is -3.68. The SMILES string of the molecule is CCCCCCC(C)P(=O)([O-])OCC(CC)CCCC.CCCCCCC(C)P(=O)([O-])OCC(CC)CCCC.[Co+2]. The summed E-state index contributed by atoms with van der Waals surface area (Å²) in [7, 11) is -7.36. The van der Waals surface area contributed by atoms with Crippen LogP contribution in [0, 0.1) is 11.8 Å². The molecular formula is C32H68CoO6P2. The van der Waals surface area contributed by atoms with Gasteiger partial charge in [0, 0.05) is 11.3 Å². The van der Waals surface area contributed by atoms with Gasteiger partial charge in [-0.25, -0.2) is 0 Å². The van der Waals surface area contributed by atoms with E-state index >= 15 is 0 Å². The molecule has 0 aliphatic rings. The summed E-state index contributed by atoms with van der Waals surface area (Å²) in [6.45, 7) is 17.2. The molecule has 0 saturated heterocycles. The van der Waals surface area contributed by atoms with Crippen LogP contribution in [0.2, 0.25) is 0 Å². The summed E-state index contributed by atoms with van der Waals surface area (Å²) in [6, 6.07) is 0. The van der Waals surface area contributed by atoms with Crippen LogP contribution in [0.15, 0.2) is 0 Å². The topological polar surface area (TPSA) is 98.7 Å². The Morgan fingerprint density at radius 2 is 0.829 bits per heavy atom. The Hall–Kier alpha value is 0.806. The normalized spacial score (nSPS) is 17.2. The van der Waals surface area contributed by atoms with E-state index in [1.807, 2.05) is 0 Å². The van der Waals surface area contributed by atoms with Gasteiger partial charge in [0.1, 0.15) is 15.2 Å². The van der Waals surface area contributed by atoms with Gasteiger partial charge in [-0.2, -0.15) is 0 Å². The third-order valence-corrected chi connectivity index (χ3v) is 11.8. The van der Waals surface area contributed by atoms with Crippen LogP contribution in [0.4, 0.5) is 0 Å². The molecule has 0 N–H and O–H groups in total. The molecule has 0 saturated carbocycles. The van der Waals surface area contributed by atoms with Gasteiger partial charge in [0.15, 0.2) is 0 Å².